The Morgan fingerprint density at radius 1 is 1.27 bits per heavy atom. The molecule has 0 saturated carbocycles. The molecule has 1 aromatic rings. The van der Waals surface area contributed by atoms with Crippen LogP contribution in [0.2, 0.25) is 0 Å². The summed E-state index contributed by atoms with van der Waals surface area (Å²) in [6, 6.07) is 5.47. The van der Waals surface area contributed by atoms with Gasteiger partial charge in [-0.15, -0.1) is 0 Å². The van der Waals surface area contributed by atoms with Crippen LogP contribution in [0.1, 0.15) is 18.1 Å². The normalized spacial score (nSPS) is 13.9. The first-order valence-corrected chi connectivity index (χ1v) is 4.71. The summed E-state index contributed by atoms with van der Waals surface area (Å²) < 4.78 is 37.6. The minimum atomic E-state index is -4.31. The predicted molar refractivity (Wildman–Crippen MR) is 51.4 cm³/mol. The van der Waals surface area contributed by atoms with Crippen LogP contribution in [0, 0.1) is 5.92 Å². The molecule has 4 heteroatoms. The van der Waals surface area contributed by atoms with E-state index in [-0.39, 0.29) is 24.5 Å². The predicted octanol–water partition coefficient (Wildman–Crippen LogP) is 2.88. The van der Waals surface area contributed by atoms with Crippen molar-refractivity contribution in [2.45, 2.75) is 19.5 Å². The molecule has 0 bridgehead atoms. The maximum atomic E-state index is 12.5. The number of aliphatic hydroxyl groups excluding tert-OH is 1. The highest BCUT2D eigenvalue weighted by molar-refractivity contribution is 5.29. The summed E-state index contributed by atoms with van der Waals surface area (Å²) in [6.07, 6.45) is -4.07. The minimum Gasteiger partial charge on any atom is -0.396 e. The summed E-state index contributed by atoms with van der Waals surface area (Å²) in [5.41, 5.74) is -0.364. The van der Waals surface area contributed by atoms with E-state index in [2.05, 4.69) is 0 Å². The van der Waals surface area contributed by atoms with Crippen LogP contribution in [-0.4, -0.2) is 11.7 Å². The van der Waals surface area contributed by atoms with Gasteiger partial charge in [-0.2, -0.15) is 13.2 Å². The first-order chi connectivity index (χ1) is 6.95. The van der Waals surface area contributed by atoms with Crippen LogP contribution in [0.15, 0.2) is 24.3 Å². The summed E-state index contributed by atoms with van der Waals surface area (Å²) in [6.45, 7) is 1.61. The Bertz CT molecular complexity index is 320. The lowest BCUT2D eigenvalue weighted by Crippen LogP contribution is -2.12. The maximum absolute atomic E-state index is 12.5. The van der Waals surface area contributed by atoms with E-state index in [9.17, 15) is 13.2 Å². The quantitative estimate of drug-likeness (QED) is 0.827. The second-order valence-electron chi connectivity index (χ2n) is 3.65. The molecule has 0 saturated heterocycles. The summed E-state index contributed by atoms with van der Waals surface area (Å²) in [7, 11) is 0. The highest BCUT2D eigenvalue weighted by Crippen LogP contribution is 2.32. The van der Waals surface area contributed by atoms with Crippen molar-refractivity contribution in [1.82, 2.24) is 0 Å². The van der Waals surface area contributed by atoms with Gasteiger partial charge in [-0.05, 0) is 24.0 Å². The van der Waals surface area contributed by atoms with Gasteiger partial charge in [0.05, 0.1) is 5.56 Å². The van der Waals surface area contributed by atoms with Crippen LogP contribution in [0.4, 0.5) is 13.2 Å². The van der Waals surface area contributed by atoms with Crippen LogP contribution in [-0.2, 0) is 12.6 Å². The van der Waals surface area contributed by atoms with Gasteiger partial charge >= 0.3 is 6.18 Å². The fourth-order valence-corrected chi connectivity index (χ4v) is 1.41. The Balaban J connectivity index is 2.97. The van der Waals surface area contributed by atoms with E-state index in [1.807, 2.05) is 0 Å². The molecule has 0 aromatic heterocycles. The van der Waals surface area contributed by atoms with Crippen molar-refractivity contribution in [2.75, 3.05) is 6.61 Å². The van der Waals surface area contributed by atoms with Gasteiger partial charge in [-0.25, -0.2) is 0 Å². The zero-order chi connectivity index (χ0) is 11.5. The van der Waals surface area contributed by atoms with Gasteiger partial charge in [0.25, 0.3) is 0 Å². The molecular formula is C11H13F3O. The van der Waals surface area contributed by atoms with E-state index in [0.29, 0.717) is 0 Å². The van der Waals surface area contributed by atoms with Crippen molar-refractivity contribution in [1.29, 1.82) is 0 Å². The van der Waals surface area contributed by atoms with Crippen LogP contribution in [0.3, 0.4) is 0 Å². The van der Waals surface area contributed by atoms with Gasteiger partial charge in [0.1, 0.15) is 0 Å². The number of rotatable bonds is 3. The second-order valence-corrected chi connectivity index (χ2v) is 3.65. The lowest BCUT2D eigenvalue weighted by molar-refractivity contribution is -0.138. The Kier molecular flexibility index (Phi) is 3.74. The van der Waals surface area contributed by atoms with Crippen molar-refractivity contribution < 1.29 is 18.3 Å². The van der Waals surface area contributed by atoms with E-state index in [1.54, 1.807) is 13.0 Å². The van der Waals surface area contributed by atoms with Gasteiger partial charge < -0.3 is 5.11 Å². The van der Waals surface area contributed by atoms with Gasteiger partial charge in [0.2, 0.25) is 0 Å². The fourth-order valence-electron chi connectivity index (χ4n) is 1.41. The summed E-state index contributed by atoms with van der Waals surface area (Å²) in [4.78, 5) is 0. The van der Waals surface area contributed by atoms with Gasteiger partial charge in [-0.1, -0.05) is 25.1 Å². The van der Waals surface area contributed by atoms with Gasteiger partial charge in [-0.3, -0.25) is 0 Å². The highest BCUT2D eigenvalue weighted by atomic mass is 19.4. The molecule has 1 nitrogen and oxygen atoms in total. The smallest absolute Gasteiger partial charge is 0.396 e. The SMILES string of the molecule is CC(CO)Cc1ccccc1C(F)(F)F. The third-order valence-corrected chi connectivity index (χ3v) is 2.20. The second kappa shape index (κ2) is 4.66. The molecule has 0 fully saturated rings. The van der Waals surface area contributed by atoms with Crippen molar-refractivity contribution >= 4 is 0 Å². The number of hydrogen-bond donors (Lipinski definition) is 1. The maximum Gasteiger partial charge on any atom is 0.416 e. The topological polar surface area (TPSA) is 20.2 Å². The number of aliphatic hydroxyl groups is 1. The monoisotopic (exact) mass is 218 g/mol. The molecule has 0 aliphatic rings. The molecule has 84 valence electrons. The number of alkyl halides is 3. The Morgan fingerprint density at radius 2 is 1.87 bits per heavy atom. The van der Waals surface area contributed by atoms with E-state index in [4.69, 9.17) is 5.11 Å². The number of halogens is 3. The molecule has 1 rings (SSSR count). The third-order valence-electron chi connectivity index (χ3n) is 2.20. The van der Waals surface area contributed by atoms with Gasteiger partial charge in [0.15, 0.2) is 0 Å². The summed E-state index contributed by atoms with van der Waals surface area (Å²) >= 11 is 0. The minimum absolute atomic E-state index is 0.105. The standard InChI is InChI=1S/C11H13F3O/c1-8(7-15)6-9-4-2-3-5-10(9)11(12,13)14/h2-5,8,15H,6-7H2,1H3. The molecule has 0 spiro atoms. The molecule has 0 heterocycles. The highest BCUT2D eigenvalue weighted by Gasteiger charge is 2.32. The van der Waals surface area contributed by atoms with Crippen molar-refractivity contribution in [3.63, 3.8) is 0 Å². The van der Waals surface area contributed by atoms with E-state index in [0.717, 1.165) is 6.07 Å². The number of hydrogen-bond acceptors (Lipinski definition) is 1. The Labute approximate surface area is 86.5 Å². The number of benzene rings is 1. The molecule has 0 aliphatic carbocycles. The van der Waals surface area contributed by atoms with E-state index < -0.39 is 11.7 Å². The zero-order valence-electron chi connectivity index (χ0n) is 8.38. The molecule has 0 radical (unpaired) electrons. The molecule has 1 N–H and O–H groups in total. The summed E-state index contributed by atoms with van der Waals surface area (Å²) in [5, 5.41) is 8.81. The van der Waals surface area contributed by atoms with Crippen molar-refractivity contribution in [3.05, 3.63) is 35.4 Å². The first kappa shape index (κ1) is 12.0. The lowest BCUT2D eigenvalue weighted by Gasteiger charge is -2.14. The van der Waals surface area contributed by atoms with Crippen molar-refractivity contribution in [2.24, 2.45) is 5.92 Å². The van der Waals surface area contributed by atoms with Crippen LogP contribution in [0.25, 0.3) is 0 Å². The van der Waals surface area contributed by atoms with Gasteiger partial charge in [0, 0.05) is 6.61 Å². The molecule has 0 amide bonds. The molecule has 1 unspecified atom stereocenters. The zero-order valence-corrected chi connectivity index (χ0v) is 8.38. The molecule has 1 aromatic carbocycles. The first-order valence-electron chi connectivity index (χ1n) is 4.71. The van der Waals surface area contributed by atoms with Crippen LogP contribution in [0.5, 0.6) is 0 Å². The van der Waals surface area contributed by atoms with E-state index in [1.165, 1.54) is 12.1 Å². The van der Waals surface area contributed by atoms with Crippen molar-refractivity contribution in [3.8, 4) is 0 Å². The molecular weight excluding hydrogens is 205 g/mol. The third kappa shape index (κ3) is 3.23. The van der Waals surface area contributed by atoms with Crippen LogP contribution >= 0.6 is 0 Å². The molecule has 0 aliphatic heterocycles. The average molecular weight is 218 g/mol. The Hall–Kier alpha value is -1.03. The lowest BCUT2D eigenvalue weighted by atomic mass is 9.97. The van der Waals surface area contributed by atoms with Crippen LogP contribution < -0.4 is 0 Å². The molecule has 15 heavy (non-hydrogen) atoms. The fraction of sp³-hybridized carbons (Fsp3) is 0.455. The average Bonchev–Trinajstić information content (AvgIpc) is 2.17. The molecule has 1 atom stereocenters. The Morgan fingerprint density at radius 3 is 2.40 bits per heavy atom. The summed E-state index contributed by atoms with van der Waals surface area (Å²) in [5.74, 6) is -0.159. The van der Waals surface area contributed by atoms with E-state index >= 15 is 0 Å². The largest absolute Gasteiger partial charge is 0.416 e.